The van der Waals surface area contributed by atoms with Gasteiger partial charge in [-0.05, 0) is 23.9 Å². The van der Waals surface area contributed by atoms with Gasteiger partial charge in [0.25, 0.3) is 10.0 Å². The van der Waals surface area contributed by atoms with Crippen molar-refractivity contribution in [2.75, 3.05) is 6.54 Å². The number of sulfonamides is 1. The lowest BCUT2D eigenvalue weighted by Gasteiger charge is -2.21. The van der Waals surface area contributed by atoms with Crippen LogP contribution in [0, 0.1) is 0 Å². The highest BCUT2D eigenvalue weighted by Gasteiger charge is 2.40. The molecular formula is C10H11NO4S2. The van der Waals surface area contributed by atoms with Gasteiger partial charge in [-0.15, -0.1) is 11.3 Å². The number of carbonyl (C=O) groups is 1. The lowest BCUT2D eigenvalue weighted by molar-refractivity contribution is -0.139. The van der Waals surface area contributed by atoms with E-state index in [9.17, 15) is 13.2 Å². The zero-order valence-electron chi connectivity index (χ0n) is 9.03. The number of carboxylic acids is 1. The average molecular weight is 273 g/mol. The van der Waals surface area contributed by atoms with Crippen LogP contribution in [0.15, 0.2) is 33.4 Å². The van der Waals surface area contributed by atoms with E-state index in [0.29, 0.717) is 5.57 Å². The van der Waals surface area contributed by atoms with E-state index in [2.05, 4.69) is 0 Å². The first-order chi connectivity index (χ1) is 7.94. The number of carboxylic acid groups (broad SMARTS) is 1. The summed E-state index contributed by atoms with van der Waals surface area (Å²) in [5, 5.41) is 10.7. The molecule has 1 aromatic rings. The van der Waals surface area contributed by atoms with Crippen molar-refractivity contribution in [3.8, 4) is 0 Å². The van der Waals surface area contributed by atoms with Crippen LogP contribution >= 0.6 is 11.3 Å². The molecule has 1 aromatic heterocycles. The number of hydrogen-bond acceptors (Lipinski definition) is 4. The minimum Gasteiger partial charge on any atom is -0.480 e. The molecule has 1 aliphatic rings. The summed E-state index contributed by atoms with van der Waals surface area (Å²) >= 11 is 1.09. The van der Waals surface area contributed by atoms with Gasteiger partial charge in [-0.25, -0.2) is 8.42 Å². The molecule has 0 aliphatic carbocycles. The normalized spacial score (nSPS) is 21.5. The summed E-state index contributed by atoms with van der Waals surface area (Å²) < 4.78 is 25.6. The van der Waals surface area contributed by atoms with Crippen molar-refractivity contribution in [1.82, 2.24) is 4.31 Å². The molecule has 0 radical (unpaired) electrons. The Kier molecular flexibility index (Phi) is 3.07. The van der Waals surface area contributed by atoms with E-state index in [1.807, 2.05) is 0 Å². The summed E-state index contributed by atoms with van der Waals surface area (Å²) in [6.45, 7) is 1.74. The lowest BCUT2D eigenvalue weighted by Crippen LogP contribution is -2.41. The number of nitrogens with zero attached hydrogens (tertiary/aromatic N) is 1. The maximum Gasteiger partial charge on any atom is 0.326 e. The van der Waals surface area contributed by atoms with E-state index >= 15 is 0 Å². The maximum absolute atomic E-state index is 12.2. The Hall–Kier alpha value is -1.18. The van der Waals surface area contributed by atoms with E-state index in [1.54, 1.807) is 24.4 Å². The minimum atomic E-state index is -3.70. The summed E-state index contributed by atoms with van der Waals surface area (Å²) in [5.41, 5.74) is 0.553. The molecule has 0 bridgehead atoms. The third-order valence-electron chi connectivity index (χ3n) is 2.60. The van der Waals surface area contributed by atoms with Crippen LogP contribution in [-0.2, 0) is 14.8 Å². The molecule has 0 amide bonds. The van der Waals surface area contributed by atoms with Crippen molar-refractivity contribution < 1.29 is 18.3 Å². The number of aliphatic carboxylic acids is 1. The van der Waals surface area contributed by atoms with Crippen LogP contribution in [0.1, 0.15) is 6.92 Å². The molecular weight excluding hydrogens is 262 g/mol. The van der Waals surface area contributed by atoms with E-state index in [1.165, 1.54) is 6.07 Å². The van der Waals surface area contributed by atoms with Gasteiger partial charge in [0, 0.05) is 6.54 Å². The fourth-order valence-corrected chi connectivity index (χ4v) is 4.43. The average Bonchev–Trinajstić information content (AvgIpc) is 2.84. The summed E-state index contributed by atoms with van der Waals surface area (Å²) in [4.78, 5) is 11.1. The molecule has 7 heteroatoms. The summed E-state index contributed by atoms with van der Waals surface area (Å²) in [6, 6.07) is 2.03. The second-order valence-corrected chi connectivity index (χ2v) is 6.76. The van der Waals surface area contributed by atoms with Crippen LogP contribution in [0.25, 0.3) is 0 Å². The van der Waals surface area contributed by atoms with Gasteiger partial charge >= 0.3 is 5.97 Å². The third kappa shape index (κ3) is 2.01. The Labute approximate surface area is 103 Å². The van der Waals surface area contributed by atoms with Crippen molar-refractivity contribution in [2.45, 2.75) is 17.2 Å². The van der Waals surface area contributed by atoms with Crippen molar-refractivity contribution in [3.63, 3.8) is 0 Å². The fourth-order valence-electron chi connectivity index (χ4n) is 1.76. The molecule has 1 N–H and O–H groups in total. The lowest BCUT2D eigenvalue weighted by atomic mass is 10.2. The largest absolute Gasteiger partial charge is 0.480 e. The highest BCUT2D eigenvalue weighted by Crippen LogP contribution is 2.28. The first-order valence-corrected chi connectivity index (χ1v) is 7.21. The predicted octanol–water partition coefficient (Wildman–Crippen LogP) is 1.15. The highest BCUT2D eigenvalue weighted by atomic mass is 32.2. The van der Waals surface area contributed by atoms with E-state index in [-0.39, 0.29) is 10.8 Å². The van der Waals surface area contributed by atoms with Crippen molar-refractivity contribution in [3.05, 3.63) is 29.2 Å². The van der Waals surface area contributed by atoms with Gasteiger partial charge in [0.15, 0.2) is 0 Å². The molecule has 5 nitrogen and oxygen atoms in total. The van der Waals surface area contributed by atoms with Gasteiger partial charge in [-0.2, -0.15) is 4.31 Å². The van der Waals surface area contributed by atoms with Crippen LogP contribution in [-0.4, -0.2) is 36.4 Å². The first kappa shape index (κ1) is 12.3. The second kappa shape index (κ2) is 4.25. The van der Waals surface area contributed by atoms with Crippen molar-refractivity contribution in [2.24, 2.45) is 0 Å². The Bertz CT molecular complexity index is 559. The molecule has 17 heavy (non-hydrogen) atoms. The quantitative estimate of drug-likeness (QED) is 0.838. The van der Waals surface area contributed by atoms with Gasteiger partial charge in [0.1, 0.15) is 10.3 Å². The third-order valence-corrected chi connectivity index (χ3v) is 5.81. The van der Waals surface area contributed by atoms with Gasteiger partial charge in [0.2, 0.25) is 0 Å². The van der Waals surface area contributed by atoms with Gasteiger partial charge in [-0.1, -0.05) is 12.1 Å². The SMILES string of the molecule is CC1=CCN(S(=O)(=O)c2cccs2)[C@H]1C(=O)O. The van der Waals surface area contributed by atoms with Gasteiger partial charge < -0.3 is 5.11 Å². The molecule has 0 fully saturated rings. The van der Waals surface area contributed by atoms with Crippen molar-refractivity contribution >= 4 is 27.3 Å². The highest BCUT2D eigenvalue weighted by molar-refractivity contribution is 7.91. The summed E-state index contributed by atoms with van der Waals surface area (Å²) in [7, 11) is -3.70. The standard InChI is InChI=1S/C10H11NO4S2/c1-7-4-5-11(9(7)10(12)13)17(14,15)8-3-2-6-16-8/h2-4,6,9H,5H2,1H3,(H,12,13)/t9-/m1/s1. The van der Waals surface area contributed by atoms with Crippen LogP contribution in [0.2, 0.25) is 0 Å². The smallest absolute Gasteiger partial charge is 0.326 e. The number of thiophene rings is 1. The predicted molar refractivity (Wildman–Crippen MR) is 63.4 cm³/mol. The van der Waals surface area contributed by atoms with Crippen molar-refractivity contribution in [1.29, 1.82) is 0 Å². The van der Waals surface area contributed by atoms with Crippen LogP contribution < -0.4 is 0 Å². The first-order valence-electron chi connectivity index (χ1n) is 4.89. The molecule has 1 atom stereocenters. The van der Waals surface area contributed by atoms with Crippen LogP contribution in [0.4, 0.5) is 0 Å². The number of rotatable bonds is 3. The van der Waals surface area contributed by atoms with E-state index in [0.717, 1.165) is 15.6 Å². The minimum absolute atomic E-state index is 0.114. The Morgan fingerprint density at radius 2 is 2.29 bits per heavy atom. The molecule has 92 valence electrons. The van der Waals surface area contributed by atoms with Crippen LogP contribution in [0.5, 0.6) is 0 Å². The monoisotopic (exact) mass is 273 g/mol. The molecule has 0 aromatic carbocycles. The van der Waals surface area contributed by atoms with Gasteiger partial charge in [0.05, 0.1) is 0 Å². The molecule has 1 aliphatic heterocycles. The molecule has 0 saturated carbocycles. The molecule has 0 saturated heterocycles. The van der Waals surface area contributed by atoms with E-state index < -0.39 is 22.0 Å². The van der Waals surface area contributed by atoms with Crippen LogP contribution in [0.3, 0.4) is 0 Å². The Morgan fingerprint density at radius 3 is 2.82 bits per heavy atom. The summed E-state index contributed by atoms with van der Waals surface area (Å²) in [6.07, 6.45) is 1.63. The molecule has 0 unspecified atom stereocenters. The molecule has 2 heterocycles. The molecule has 2 rings (SSSR count). The van der Waals surface area contributed by atoms with E-state index in [4.69, 9.17) is 5.11 Å². The summed E-state index contributed by atoms with van der Waals surface area (Å²) in [5.74, 6) is -1.14. The Morgan fingerprint density at radius 1 is 1.59 bits per heavy atom. The zero-order chi connectivity index (χ0) is 12.6. The topological polar surface area (TPSA) is 74.7 Å². The fraction of sp³-hybridized carbons (Fsp3) is 0.300. The number of hydrogen-bond donors (Lipinski definition) is 1. The van der Waals surface area contributed by atoms with Gasteiger partial charge in [-0.3, -0.25) is 4.79 Å². The second-order valence-electron chi connectivity index (χ2n) is 3.70. The Balaban J connectivity index is 2.40. The molecule has 0 spiro atoms. The zero-order valence-corrected chi connectivity index (χ0v) is 10.7. The maximum atomic E-state index is 12.2.